The molecule has 0 aliphatic rings. The maximum Gasteiger partial charge on any atom is 0.145 e. The lowest BCUT2D eigenvalue weighted by atomic mass is 10.1. The number of hydrogen-bond acceptors (Lipinski definition) is 2. The van der Waals surface area contributed by atoms with Crippen molar-refractivity contribution < 1.29 is 4.74 Å². The Morgan fingerprint density at radius 1 is 1.31 bits per heavy atom. The summed E-state index contributed by atoms with van der Waals surface area (Å²) in [5.41, 5.74) is 2.12. The summed E-state index contributed by atoms with van der Waals surface area (Å²) in [6, 6.07) is 8.07. The molecule has 1 aromatic heterocycles. The highest BCUT2D eigenvalue weighted by molar-refractivity contribution is 5.85. The van der Waals surface area contributed by atoms with Crippen molar-refractivity contribution in [1.29, 1.82) is 0 Å². The van der Waals surface area contributed by atoms with Gasteiger partial charge < -0.3 is 4.74 Å². The van der Waals surface area contributed by atoms with Crippen molar-refractivity contribution in [3.63, 3.8) is 0 Å². The molecule has 0 aliphatic carbocycles. The fourth-order valence-electron chi connectivity index (χ4n) is 1.46. The Kier molecular flexibility index (Phi) is 1.89. The Morgan fingerprint density at radius 3 is 2.92 bits per heavy atom. The van der Waals surface area contributed by atoms with Gasteiger partial charge in [0, 0.05) is 11.6 Å². The van der Waals surface area contributed by atoms with Gasteiger partial charge in [0.15, 0.2) is 0 Å². The number of aryl methyl sites for hydroxylation is 1. The molecule has 0 unspecified atom stereocenters. The maximum atomic E-state index is 5.25. The molecule has 2 heteroatoms. The molecule has 0 amide bonds. The van der Waals surface area contributed by atoms with Gasteiger partial charge in [-0.25, -0.2) is 0 Å². The van der Waals surface area contributed by atoms with Crippen molar-refractivity contribution in [2.75, 3.05) is 7.11 Å². The molecule has 13 heavy (non-hydrogen) atoms. The van der Waals surface area contributed by atoms with Crippen LogP contribution in [0.15, 0.2) is 30.5 Å². The number of rotatable bonds is 1. The van der Waals surface area contributed by atoms with E-state index in [1.54, 1.807) is 13.3 Å². The minimum atomic E-state index is 0.843. The van der Waals surface area contributed by atoms with Gasteiger partial charge in [-0.15, -0.1) is 0 Å². The zero-order valence-electron chi connectivity index (χ0n) is 7.74. The number of methoxy groups -OCH3 is 1. The first-order valence-corrected chi connectivity index (χ1v) is 4.20. The van der Waals surface area contributed by atoms with E-state index >= 15 is 0 Å². The Morgan fingerprint density at radius 2 is 2.15 bits per heavy atom. The Hall–Kier alpha value is -1.57. The van der Waals surface area contributed by atoms with Crippen LogP contribution < -0.4 is 4.74 Å². The summed E-state index contributed by atoms with van der Waals surface area (Å²) in [6.45, 7) is 2.05. The third kappa shape index (κ3) is 1.35. The molecule has 0 aliphatic heterocycles. The molecule has 2 rings (SSSR count). The van der Waals surface area contributed by atoms with Gasteiger partial charge in [-0.2, -0.15) is 0 Å². The van der Waals surface area contributed by atoms with E-state index in [1.807, 2.05) is 18.2 Å². The van der Waals surface area contributed by atoms with Gasteiger partial charge in [-0.1, -0.05) is 6.07 Å². The minimum Gasteiger partial charge on any atom is -0.494 e. The molecule has 66 valence electrons. The van der Waals surface area contributed by atoms with Crippen LogP contribution in [0.5, 0.6) is 5.75 Å². The molecule has 0 bridgehead atoms. The summed E-state index contributed by atoms with van der Waals surface area (Å²) in [5, 5.41) is 1.12. The number of hydrogen-bond donors (Lipinski definition) is 0. The van der Waals surface area contributed by atoms with Crippen LogP contribution in [0.2, 0.25) is 0 Å². The number of fused-ring (bicyclic) bond motifs is 1. The fourth-order valence-corrected chi connectivity index (χ4v) is 1.46. The van der Waals surface area contributed by atoms with Crippen molar-refractivity contribution in [3.05, 3.63) is 36.0 Å². The van der Waals surface area contributed by atoms with Crippen LogP contribution >= 0.6 is 0 Å². The number of benzene rings is 1. The van der Waals surface area contributed by atoms with E-state index in [2.05, 4.69) is 18.0 Å². The molecule has 0 atom stereocenters. The zero-order valence-corrected chi connectivity index (χ0v) is 7.74. The van der Waals surface area contributed by atoms with Gasteiger partial charge in [-0.05, 0) is 30.7 Å². The van der Waals surface area contributed by atoms with Crippen molar-refractivity contribution >= 4 is 10.9 Å². The first-order chi connectivity index (χ1) is 6.31. The van der Waals surface area contributed by atoms with E-state index in [1.165, 1.54) is 5.56 Å². The second-order valence-electron chi connectivity index (χ2n) is 3.04. The predicted octanol–water partition coefficient (Wildman–Crippen LogP) is 2.55. The van der Waals surface area contributed by atoms with Crippen LogP contribution in [0.3, 0.4) is 0 Å². The fraction of sp³-hybridized carbons (Fsp3) is 0.182. The third-order valence-electron chi connectivity index (χ3n) is 2.03. The van der Waals surface area contributed by atoms with Crippen molar-refractivity contribution in [3.8, 4) is 5.75 Å². The van der Waals surface area contributed by atoms with E-state index in [0.29, 0.717) is 0 Å². The topological polar surface area (TPSA) is 22.1 Å². The lowest BCUT2D eigenvalue weighted by molar-refractivity contribution is 0.418. The SMILES string of the molecule is COc1cc(C)cc2cccnc12. The molecular weight excluding hydrogens is 162 g/mol. The van der Waals surface area contributed by atoms with Crippen LogP contribution in [0, 0.1) is 6.92 Å². The average Bonchev–Trinajstić information content (AvgIpc) is 2.16. The average molecular weight is 173 g/mol. The Bertz CT molecular complexity index is 437. The quantitative estimate of drug-likeness (QED) is 0.661. The van der Waals surface area contributed by atoms with Gasteiger partial charge in [0.25, 0.3) is 0 Å². The summed E-state index contributed by atoms with van der Waals surface area (Å²) >= 11 is 0. The van der Waals surface area contributed by atoms with E-state index in [-0.39, 0.29) is 0 Å². The van der Waals surface area contributed by atoms with Crippen LogP contribution in [-0.4, -0.2) is 12.1 Å². The van der Waals surface area contributed by atoms with Crippen LogP contribution in [0.1, 0.15) is 5.56 Å². The molecule has 2 aromatic rings. The van der Waals surface area contributed by atoms with Gasteiger partial charge in [-0.3, -0.25) is 4.98 Å². The molecule has 1 aromatic carbocycles. The van der Waals surface area contributed by atoms with Gasteiger partial charge in [0.2, 0.25) is 0 Å². The summed E-state index contributed by atoms with van der Waals surface area (Å²) in [6.07, 6.45) is 1.78. The zero-order chi connectivity index (χ0) is 9.26. The highest BCUT2D eigenvalue weighted by atomic mass is 16.5. The van der Waals surface area contributed by atoms with E-state index in [4.69, 9.17) is 4.74 Å². The van der Waals surface area contributed by atoms with Gasteiger partial charge in [0.1, 0.15) is 11.3 Å². The molecule has 0 N–H and O–H groups in total. The molecule has 0 spiro atoms. The molecular formula is C11H11NO. The number of ether oxygens (including phenoxy) is 1. The van der Waals surface area contributed by atoms with Crippen LogP contribution in [-0.2, 0) is 0 Å². The summed E-state index contributed by atoms with van der Waals surface area (Å²) < 4.78 is 5.25. The minimum absolute atomic E-state index is 0.843. The van der Waals surface area contributed by atoms with E-state index < -0.39 is 0 Å². The third-order valence-corrected chi connectivity index (χ3v) is 2.03. The number of pyridine rings is 1. The molecule has 0 radical (unpaired) electrons. The summed E-state index contributed by atoms with van der Waals surface area (Å²) in [5.74, 6) is 0.843. The van der Waals surface area contributed by atoms with Gasteiger partial charge in [0.05, 0.1) is 7.11 Å². The smallest absolute Gasteiger partial charge is 0.145 e. The van der Waals surface area contributed by atoms with Crippen LogP contribution in [0.4, 0.5) is 0 Å². The van der Waals surface area contributed by atoms with E-state index in [0.717, 1.165) is 16.7 Å². The first-order valence-electron chi connectivity index (χ1n) is 4.20. The molecule has 0 saturated heterocycles. The highest BCUT2D eigenvalue weighted by Gasteiger charge is 2.01. The standard InChI is InChI=1S/C11H11NO/c1-8-6-9-4-3-5-12-11(9)10(7-8)13-2/h3-7H,1-2H3. The summed E-state index contributed by atoms with van der Waals surface area (Å²) in [7, 11) is 1.67. The molecule has 0 saturated carbocycles. The Labute approximate surface area is 77.2 Å². The van der Waals surface area contributed by atoms with Crippen LogP contribution in [0.25, 0.3) is 10.9 Å². The van der Waals surface area contributed by atoms with Crippen molar-refractivity contribution in [2.45, 2.75) is 6.92 Å². The summed E-state index contributed by atoms with van der Waals surface area (Å²) in [4.78, 5) is 4.27. The monoisotopic (exact) mass is 173 g/mol. The maximum absolute atomic E-state index is 5.25. The molecule has 1 heterocycles. The van der Waals surface area contributed by atoms with Gasteiger partial charge >= 0.3 is 0 Å². The second kappa shape index (κ2) is 3.05. The van der Waals surface area contributed by atoms with Crippen molar-refractivity contribution in [1.82, 2.24) is 4.98 Å². The predicted molar refractivity (Wildman–Crippen MR) is 53.0 cm³/mol. The highest BCUT2D eigenvalue weighted by Crippen LogP contribution is 2.24. The molecule has 2 nitrogen and oxygen atoms in total. The molecule has 0 fully saturated rings. The lowest BCUT2D eigenvalue weighted by Crippen LogP contribution is -1.88. The second-order valence-corrected chi connectivity index (χ2v) is 3.04. The van der Waals surface area contributed by atoms with Crippen molar-refractivity contribution in [2.24, 2.45) is 0 Å². The number of aromatic nitrogens is 1. The Balaban J connectivity index is 2.81. The number of nitrogens with zero attached hydrogens (tertiary/aromatic N) is 1. The van der Waals surface area contributed by atoms with E-state index in [9.17, 15) is 0 Å². The first kappa shape index (κ1) is 8.05. The lowest BCUT2D eigenvalue weighted by Gasteiger charge is -2.05. The normalized spacial score (nSPS) is 10.3. The largest absolute Gasteiger partial charge is 0.494 e.